The Morgan fingerprint density at radius 3 is 2.69 bits per heavy atom. The van der Waals surface area contributed by atoms with E-state index in [2.05, 4.69) is 15.3 Å². The quantitative estimate of drug-likeness (QED) is 0.876. The number of rotatable bonds is 2. The zero-order valence-electron chi connectivity index (χ0n) is 7.77. The molecule has 0 aliphatic carbocycles. The van der Waals surface area contributed by atoms with Gasteiger partial charge < -0.3 is 5.73 Å². The molecule has 2 aromatic rings. The van der Waals surface area contributed by atoms with Gasteiger partial charge in [0.2, 0.25) is 5.13 Å². The van der Waals surface area contributed by atoms with Gasteiger partial charge in [-0.3, -0.25) is 4.68 Å². The van der Waals surface area contributed by atoms with Gasteiger partial charge in [-0.15, -0.1) is 10.2 Å². The number of nitrogen functional groups attached to an aromatic ring is 1. The second-order valence-corrected chi connectivity index (χ2v) is 3.94. The van der Waals surface area contributed by atoms with Gasteiger partial charge >= 0.3 is 6.18 Å². The second-order valence-electron chi connectivity index (χ2n) is 2.93. The van der Waals surface area contributed by atoms with Crippen molar-refractivity contribution < 1.29 is 13.2 Å². The Morgan fingerprint density at radius 1 is 1.38 bits per heavy atom. The lowest BCUT2D eigenvalue weighted by Gasteiger charge is -2.08. The van der Waals surface area contributed by atoms with Crippen molar-refractivity contribution in [2.75, 3.05) is 5.73 Å². The summed E-state index contributed by atoms with van der Waals surface area (Å²) in [6, 6.07) is 1.44. The molecule has 0 aliphatic heterocycles. The van der Waals surface area contributed by atoms with Crippen LogP contribution in [0.15, 0.2) is 12.3 Å². The Labute approximate surface area is 91.7 Å². The number of anilines is 1. The van der Waals surface area contributed by atoms with Crippen LogP contribution in [0.4, 0.5) is 18.3 Å². The smallest absolute Gasteiger partial charge is 0.374 e. The van der Waals surface area contributed by atoms with Crippen LogP contribution in [-0.4, -0.2) is 26.2 Å². The van der Waals surface area contributed by atoms with Crippen molar-refractivity contribution in [2.24, 2.45) is 0 Å². The van der Waals surface area contributed by atoms with E-state index in [1.165, 1.54) is 12.3 Å². The highest BCUT2D eigenvalue weighted by molar-refractivity contribution is 7.18. The summed E-state index contributed by atoms with van der Waals surface area (Å²) in [5.41, 5.74) is 5.61. The molecule has 0 aromatic carbocycles. The lowest BCUT2D eigenvalue weighted by atomic mass is 10.4. The van der Waals surface area contributed by atoms with E-state index >= 15 is 0 Å². The molecule has 0 saturated heterocycles. The van der Waals surface area contributed by atoms with Crippen LogP contribution >= 0.6 is 11.3 Å². The fourth-order valence-corrected chi connectivity index (χ4v) is 1.79. The van der Waals surface area contributed by atoms with Gasteiger partial charge in [0.15, 0.2) is 5.01 Å². The number of nitrogens with zero attached hydrogens (tertiary/aromatic N) is 4. The SMILES string of the molecule is Nc1nnc(-c2ccnn2CC(F)(F)F)s1. The van der Waals surface area contributed by atoms with Gasteiger partial charge in [-0.05, 0) is 6.07 Å². The predicted molar refractivity (Wildman–Crippen MR) is 51.6 cm³/mol. The molecule has 86 valence electrons. The summed E-state index contributed by atoms with van der Waals surface area (Å²) >= 11 is 1.01. The molecule has 9 heteroatoms. The predicted octanol–water partition coefficient (Wildman–Crippen LogP) is 1.55. The van der Waals surface area contributed by atoms with E-state index in [1.807, 2.05) is 0 Å². The first-order chi connectivity index (χ1) is 7.46. The molecule has 0 amide bonds. The lowest BCUT2D eigenvalue weighted by Crippen LogP contribution is -2.19. The number of nitrogens with two attached hydrogens (primary N) is 1. The van der Waals surface area contributed by atoms with Gasteiger partial charge in [0.25, 0.3) is 0 Å². The van der Waals surface area contributed by atoms with Crippen LogP contribution < -0.4 is 5.73 Å². The van der Waals surface area contributed by atoms with Crippen LogP contribution in [0.3, 0.4) is 0 Å². The van der Waals surface area contributed by atoms with Crippen LogP contribution in [0.1, 0.15) is 0 Å². The molecule has 2 rings (SSSR count). The number of halogens is 3. The summed E-state index contributed by atoms with van der Waals surface area (Å²) < 4.78 is 37.4. The summed E-state index contributed by atoms with van der Waals surface area (Å²) in [7, 11) is 0. The van der Waals surface area contributed by atoms with Crippen molar-refractivity contribution >= 4 is 16.5 Å². The summed E-state index contributed by atoms with van der Waals surface area (Å²) in [5.74, 6) is 0. The standard InChI is InChI=1S/C7H6F3N5S/c8-7(9,10)3-15-4(1-2-12-15)5-13-14-6(11)16-5/h1-2H,3H2,(H2,11,14). The number of hydrogen-bond acceptors (Lipinski definition) is 5. The third-order valence-corrected chi connectivity index (χ3v) is 2.48. The molecular formula is C7H6F3N5S. The van der Waals surface area contributed by atoms with Gasteiger partial charge in [-0.2, -0.15) is 18.3 Å². The molecule has 0 spiro atoms. The maximum absolute atomic E-state index is 12.2. The number of aromatic nitrogens is 4. The van der Waals surface area contributed by atoms with E-state index in [-0.39, 0.29) is 10.8 Å². The van der Waals surface area contributed by atoms with E-state index in [1.54, 1.807) is 0 Å². The molecule has 16 heavy (non-hydrogen) atoms. The first-order valence-corrected chi connectivity index (χ1v) is 4.95. The van der Waals surface area contributed by atoms with Gasteiger partial charge in [0, 0.05) is 6.20 Å². The molecule has 2 aromatic heterocycles. The average molecular weight is 249 g/mol. The van der Waals surface area contributed by atoms with Crippen LogP contribution in [-0.2, 0) is 6.54 Å². The first-order valence-electron chi connectivity index (χ1n) is 4.13. The zero-order valence-corrected chi connectivity index (χ0v) is 8.59. The van der Waals surface area contributed by atoms with E-state index in [9.17, 15) is 13.2 Å². The lowest BCUT2D eigenvalue weighted by molar-refractivity contribution is -0.142. The highest BCUT2D eigenvalue weighted by Gasteiger charge is 2.29. The summed E-state index contributed by atoms with van der Waals surface area (Å²) in [6.07, 6.45) is -3.05. The largest absolute Gasteiger partial charge is 0.408 e. The summed E-state index contributed by atoms with van der Waals surface area (Å²) in [6.45, 7) is -1.16. The minimum absolute atomic E-state index is 0.203. The van der Waals surface area contributed by atoms with Crippen LogP contribution in [0.25, 0.3) is 10.7 Å². The minimum atomic E-state index is -4.32. The van der Waals surface area contributed by atoms with Gasteiger partial charge in [0.1, 0.15) is 6.54 Å². The second kappa shape index (κ2) is 3.74. The first kappa shape index (κ1) is 10.9. The maximum atomic E-state index is 12.2. The third-order valence-electron chi connectivity index (χ3n) is 1.71. The minimum Gasteiger partial charge on any atom is -0.374 e. The molecule has 0 atom stereocenters. The zero-order chi connectivity index (χ0) is 11.8. The summed E-state index contributed by atoms with van der Waals surface area (Å²) in [4.78, 5) is 0. The Kier molecular flexibility index (Phi) is 2.54. The molecular weight excluding hydrogens is 243 g/mol. The fraction of sp³-hybridized carbons (Fsp3) is 0.286. The van der Waals surface area contributed by atoms with Gasteiger partial charge in [-0.25, -0.2) is 0 Å². The molecule has 0 aliphatic rings. The fourth-order valence-electron chi connectivity index (χ4n) is 1.15. The Hall–Kier alpha value is -1.64. The average Bonchev–Trinajstić information content (AvgIpc) is 2.71. The topological polar surface area (TPSA) is 69.6 Å². The molecule has 0 saturated carbocycles. The third kappa shape index (κ3) is 2.30. The van der Waals surface area contributed by atoms with Crippen molar-refractivity contribution in [3.63, 3.8) is 0 Å². The normalized spacial score (nSPS) is 11.9. The molecule has 0 bridgehead atoms. The van der Waals surface area contributed by atoms with Crippen LogP contribution in [0.5, 0.6) is 0 Å². The van der Waals surface area contributed by atoms with E-state index in [0.717, 1.165) is 16.0 Å². The van der Waals surface area contributed by atoms with Crippen molar-refractivity contribution in [2.45, 2.75) is 12.7 Å². The molecule has 0 unspecified atom stereocenters. The monoisotopic (exact) mass is 249 g/mol. The van der Waals surface area contributed by atoms with E-state index < -0.39 is 12.7 Å². The van der Waals surface area contributed by atoms with Crippen LogP contribution in [0.2, 0.25) is 0 Å². The number of alkyl halides is 3. The Balaban J connectivity index is 2.33. The Bertz CT molecular complexity index is 488. The van der Waals surface area contributed by atoms with Crippen molar-refractivity contribution in [3.05, 3.63) is 12.3 Å². The number of hydrogen-bond donors (Lipinski definition) is 1. The molecule has 5 nitrogen and oxygen atoms in total. The van der Waals surface area contributed by atoms with Crippen LogP contribution in [0, 0.1) is 0 Å². The molecule has 2 heterocycles. The van der Waals surface area contributed by atoms with Gasteiger partial charge in [-0.1, -0.05) is 11.3 Å². The van der Waals surface area contributed by atoms with Crippen molar-refractivity contribution in [1.82, 2.24) is 20.0 Å². The summed E-state index contributed by atoms with van der Waals surface area (Å²) in [5, 5.41) is 11.3. The maximum Gasteiger partial charge on any atom is 0.408 e. The molecule has 0 fully saturated rings. The molecule has 0 radical (unpaired) electrons. The van der Waals surface area contributed by atoms with Crippen molar-refractivity contribution in [1.29, 1.82) is 0 Å². The Morgan fingerprint density at radius 2 is 2.12 bits per heavy atom. The van der Waals surface area contributed by atoms with Crippen molar-refractivity contribution in [3.8, 4) is 10.7 Å². The molecule has 2 N–H and O–H groups in total. The van der Waals surface area contributed by atoms with E-state index in [4.69, 9.17) is 5.73 Å². The van der Waals surface area contributed by atoms with E-state index in [0.29, 0.717) is 5.01 Å². The van der Waals surface area contributed by atoms with Gasteiger partial charge in [0.05, 0.1) is 5.69 Å². The highest BCUT2D eigenvalue weighted by atomic mass is 32.1. The highest BCUT2D eigenvalue weighted by Crippen LogP contribution is 2.26.